The van der Waals surface area contributed by atoms with Gasteiger partial charge in [-0.15, -0.1) is 0 Å². The van der Waals surface area contributed by atoms with Crippen molar-refractivity contribution in [3.63, 3.8) is 0 Å². The maximum absolute atomic E-state index is 12.2. The van der Waals surface area contributed by atoms with E-state index in [0.717, 1.165) is 6.42 Å². The highest BCUT2D eigenvalue weighted by Gasteiger charge is 2.44. The van der Waals surface area contributed by atoms with Gasteiger partial charge in [-0.05, 0) is 26.2 Å². The minimum Gasteiger partial charge on any atom is -0.338 e. The van der Waals surface area contributed by atoms with E-state index >= 15 is 0 Å². The first-order valence-corrected chi connectivity index (χ1v) is 8.53. The fourth-order valence-corrected chi connectivity index (χ4v) is 4.42. The average Bonchev–Trinajstić information content (AvgIpc) is 2.62. The van der Waals surface area contributed by atoms with Gasteiger partial charge in [-0.2, -0.15) is 4.31 Å². The fraction of sp³-hybridized carbons (Fsp3) is 0.923. The lowest BCUT2D eigenvalue weighted by atomic mass is 10.0. The zero-order valence-corrected chi connectivity index (χ0v) is 13.0. The van der Waals surface area contributed by atoms with Crippen molar-refractivity contribution in [2.45, 2.75) is 45.4 Å². The summed E-state index contributed by atoms with van der Waals surface area (Å²) in [6.45, 7) is 8.96. The molecule has 2 aliphatic heterocycles. The Hall–Kier alpha value is -0.620. The van der Waals surface area contributed by atoms with Crippen LogP contribution in [0.3, 0.4) is 0 Å². The van der Waals surface area contributed by atoms with E-state index in [0.29, 0.717) is 25.6 Å². The third-order valence-corrected chi connectivity index (χ3v) is 6.32. The Morgan fingerprint density at radius 1 is 1.11 bits per heavy atom. The maximum atomic E-state index is 12.2. The molecule has 0 N–H and O–H groups in total. The monoisotopic (exact) mass is 288 g/mol. The maximum Gasteiger partial charge on any atom is 0.225 e. The predicted octanol–water partition coefficient (Wildman–Crippen LogP) is 0.913. The summed E-state index contributed by atoms with van der Waals surface area (Å²) in [5.74, 6) is 0.431. The Balaban J connectivity index is 2.14. The first-order valence-electron chi connectivity index (χ1n) is 7.03. The van der Waals surface area contributed by atoms with Crippen molar-refractivity contribution < 1.29 is 13.2 Å². The third kappa shape index (κ3) is 2.65. The van der Waals surface area contributed by atoms with Gasteiger partial charge >= 0.3 is 0 Å². The Morgan fingerprint density at radius 2 is 1.74 bits per heavy atom. The molecule has 0 aromatic rings. The highest BCUT2D eigenvalue weighted by Crippen LogP contribution is 2.32. The average molecular weight is 288 g/mol. The molecular formula is C13H24N2O3S. The molecule has 2 bridgehead atoms. The standard InChI is InChI=1S/C13H24N2O3S/c1-9(2)13(16)15-7-11-5-12(15)8-14(6-11)19(17,18)10(3)4/h9-12H,5-8H2,1-4H3. The minimum absolute atomic E-state index is 0.0190. The van der Waals surface area contributed by atoms with E-state index in [1.807, 2.05) is 18.7 Å². The molecule has 0 aliphatic carbocycles. The first kappa shape index (κ1) is 14.8. The molecule has 2 fully saturated rings. The molecule has 2 rings (SSSR count). The lowest BCUT2D eigenvalue weighted by Crippen LogP contribution is -2.48. The molecule has 110 valence electrons. The van der Waals surface area contributed by atoms with Crippen molar-refractivity contribution in [2.75, 3.05) is 19.6 Å². The molecular weight excluding hydrogens is 264 g/mol. The van der Waals surface area contributed by atoms with E-state index < -0.39 is 10.0 Å². The molecule has 0 spiro atoms. The van der Waals surface area contributed by atoms with E-state index in [4.69, 9.17) is 0 Å². The predicted molar refractivity (Wildman–Crippen MR) is 74.1 cm³/mol. The Kier molecular flexibility index (Phi) is 3.93. The smallest absolute Gasteiger partial charge is 0.225 e. The molecule has 0 aromatic carbocycles. The van der Waals surface area contributed by atoms with Gasteiger partial charge in [0.05, 0.1) is 5.25 Å². The van der Waals surface area contributed by atoms with Crippen molar-refractivity contribution in [3.05, 3.63) is 0 Å². The molecule has 2 heterocycles. The lowest BCUT2D eigenvalue weighted by molar-refractivity contribution is -0.135. The molecule has 2 atom stereocenters. The number of carbonyl (C=O) groups excluding carboxylic acids is 1. The van der Waals surface area contributed by atoms with E-state index in [1.165, 1.54) is 0 Å². The summed E-state index contributed by atoms with van der Waals surface area (Å²) in [7, 11) is -3.20. The molecule has 6 heteroatoms. The fourth-order valence-electron chi connectivity index (χ4n) is 3.02. The molecule has 2 saturated heterocycles. The van der Waals surface area contributed by atoms with Crippen molar-refractivity contribution in [1.82, 2.24) is 9.21 Å². The SMILES string of the molecule is CC(C)C(=O)N1CC2CC1CN(S(=O)(=O)C(C)C)C2. The van der Waals surface area contributed by atoms with Crippen LogP contribution in [0.2, 0.25) is 0 Å². The van der Waals surface area contributed by atoms with Gasteiger partial charge in [0.1, 0.15) is 0 Å². The normalized spacial score (nSPS) is 28.4. The molecule has 0 radical (unpaired) electrons. The van der Waals surface area contributed by atoms with Crippen LogP contribution in [0.5, 0.6) is 0 Å². The Morgan fingerprint density at radius 3 is 2.26 bits per heavy atom. The summed E-state index contributed by atoms with van der Waals surface area (Å²) in [6, 6.07) is 0.0715. The molecule has 2 aliphatic rings. The van der Waals surface area contributed by atoms with Crippen molar-refractivity contribution in [2.24, 2.45) is 11.8 Å². The van der Waals surface area contributed by atoms with Crippen molar-refractivity contribution >= 4 is 15.9 Å². The topological polar surface area (TPSA) is 57.7 Å². The first-order chi connectivity index (χ1) is 8.73. The summed E-state index contributed by atoms with van der Waals surface area (Å²) in [5, 5.41) is -0.390. The van der Waals surface area contributed by atoms with E-state index in [-0.39, 0.29) is 23.1 Å². The van der Waals surface area contributed by atoms with Crippen LogP contribution in [0.4, 0.5) is 0 Å². The van der Waals surface area contributed by atoms with Crippen LogP contribution < -0.4 is 0 Å². The van der Waals surface area contributed by atoms with Crippen LogP contribution in [-0.2, 0) is 14.8 Å². The van der Waals surface area contributed by atoms with Gasteiger partial charge in [-0.1, -0.05) is 13.8 Å². The Bertz CT molecular complexity index is 459. The van der Waals surface area contributed by atoms with Crippen LogP contribution >= 0.6 is 0 Å². The summed E-state index contributed by atoms with van der Waals surface area (Å²) < 4.78 is 26.1. The molecule has 2 unspecified atom stereocenters. The number of hydrogen-bond donors (Lipinski definition) is 0. The minimum atomic E-state index is -3.20. The van der Waals surface area contributed by atoms with Gasteiger partial charge in [0.15, 0.2) is 0 Å². The molecule has 0 aromatic heterocycles. The van der Waals surface area contributed by atoms with Gasteiger partial charge in [0, 0.05) is 31.6 Å². The highest BCUT2D eigenvalue weighted by molar-refractivity contribution is 7.89. The van der Waals surface area contributed by atoms with Crippen LogP contribution in [0.25, 0.3) is 0 Å². The number of hydrogen-bond acceptors (Lipinski definition) is 3. The largest absolute Gasteiger partial charge is 0.338 e. The quantitative estimate of drug-likeness (QED) is 0.776. The van der Waals surface area contributed by atoms with Gasteiger partial charge in [0.25, 0.3) is 0 Å². The second-order valence-electron chi connectivity index (χ2n) is 6.31. The number of likely N-dealkylation sites (tertiary alicyclic amines) is 1. The van der Waals surface area contributed by atoms with Gasteiger partial charge < -0.3 is 4.90 Å². The van der Waals surface area contributed by atoms with Gasteiger partial charge in [-0.3, -0.25) is 4.79 Å². The number of fused-ring (bicyclic) bond motifs is 2. The molecule has 0 saturated carbocycles. The summed E-state index contributed by atoms with van der Waals surface area (Å²) in [5.41, 5.74) is 0. The molecule has 5 nitrogen and oxygen atoms in total. The lowest BCUT2D eigenvalue weighted by Gasteiger charge is -2.33. The van der Waals surface area contributed by atoms with Crippen LogP contribution in [0.15, 0.2) is 0 Å². The molecule has 1 amide bonds. The molecule has 19 heavy (non-hydrogen) atoms. The summed E-state index contributed by atoms with van der Waals surface area (Å²) in [4.78, 5) is 14.0. The number of piperidine rings is 1. The van der Waals surface area contributed by atoms with Gasteiger partial charge in [-0.25, -0.2) is 8.42 Å². The number of amides is 1. The second-order valence-corrected chi connectivity index (χ2v) is 8.80. The third-order valence-electron chi connectivity index (χ3n) is 4.11. The summed E-state index contributed by atoms with van der Waals surface area (Å²) in [6.07, 6.45) is 0.947. The van der Waals surface area contributed by atoms with E-state index in [2.05, 4.69) is 0 Å². The Labute approximate surface area is 116 Å². The zero-order valence-electron chi connectivity index (χ0n) is 12.2. The summed E-state index contributed by atoms with van der Waals surface area (Å²) >= 11 is 0. The zero-order chi connectivity index (χ0) is 14.4. The number of rotatable bonds is 3. The van der Waals surface area contributed by atoms with Crippen LogP contribution in [0, 0.1) is 11.8 Å². The highest BCUT2D eigenvalue weighted by atomic mass is 32.2. The van der Waals surface area contributed by atoms with E-state index in [1.54, 1.807) is 18.2 Å². The number of sulfonamides is 1. The second kappa shape index (κ2) is 5.05. The van der Waals surface area contributed by atoms with Crippen molar-refractivity contribution in [1.29, 1.82) is 0 Å². The van der Waals surface area contributed by atoms with E-state index in [9.17, 15) is 13.2 Å². The van der Waals surface area contributed by atoms with Crippen LogP contribution in [-0.4, -0.2) is 54.5 Å². The number of nitrogens with zero attached hydrogens (tertiary/aromatic N) is 2. The van der Waals surface area contributed by atoms with Crippen LogP contribution in [0.1, 0.15) is 34.1 Å². The van der Waals surface area contributed by atoms with Gasteiger partial charge in [0.2, 0.25) is 15.9 Å². The van der Waals surface area contributed by atoms with Crippen molar-refractivity contribution in [3.8, 4) is 0 Å². The number of carbonyl (C=O) groups is 1.